The first-order valence-electron chi connectivity index (χ1n) is 6.54. The number of rotatable bonds is 5. The molecule has 0 fully saturated rings. The smallest absolute Gasteiger partial charge is 0.387 e. The molecule has 0 aliphatic heterocycles. The van der Waals surface area contributed by atoms with Crippen LogP contribution in [0.1, 0.15) is 24.1 Å². The molecule has 1 atom stereocenters. The lowest BCUT2D eigenvalue weighted by Gasteiger charge is -2.18. The predicted molar refractivity (Wildman–Crippen MR) is 84.0 cm³/mol. The van der Waals surface area contributed by atoms with Gasteiger partial charge in [0, 0.05) is 16.2 Å². The fraction of sp³-hybridized carbons (Fsp3) is 0.250. The van der Waals surface area contributed by atoms with Crippen LogP contribution in [0.5, 0.6) is 5.75 Å². The van der Waals surface area contributed by atoms with Gasteiger partial charge in [0.05, 0.1) is 0 Å². The van der Waals surface area contributed by atoms with E-state index in [1.54, 1.807) is 12.1 Å². The monoisotopic (exact) mass is 355 g/mol. The van der Waals surface area contributed by atoms with Crippen molar-refractivity contribution in [3.8, 4) is 5.75 Å². The first-order valence-corrected chi connectivity index (χ1v) is 7.33. The van der Waals surface area contributed by atoms with E-state index in [-0.39, 0.29) is 11.8 Å². The number of benzene rings is 2. The fourth-order valence-electron chi connectivity index (χ4n) is 2.04. The molecular formula is C16H16BrF2NO. The van der Waals surface area contributed by atoms with Gasteiger partial charge in [-0.2, -0.15) is 8.78 Å². The minimum Gasteiger partial charge on any atom is -0.435 e. The number of ether oxygens (including phenoxy) is 1. The molecule has 0 aliphatic carbocycles. The quantitative estimate of drug-likeness (QED) is 0.760. The number of anilines is 1. The van der Waals surface area contributed by atoms with Crippen molar-refractivity contribution >= 4 is 21.6 Å². The van der Waals surface area contributed by atoms with Crippen molar-refractivity contribution in [1.29, 1.82) is 0 Å². The maximum Gasteiger partial charge on any atom is 0.387 e. The number of nitrogens with one attached hydrogen (secondary N) is 1. The number of alkyl halides is 2. The molecule has 112 valence electrons. The van der Waals surface area contributed by atoms with Crippen molar-refractivity contribution in [2.24, 2.45) is 0 Å². The van der Waals surface area contributed by atoms with Crippen molar-refractivity contribution in [3.63, 3.8) is 0 Å². The lowest BCUT2D eigenvalue weighted by molar-refractivity contribution is -0.0498. The van der Waals surface area contributed by atoms with E-state index in [1.165, 1.54) is 6.07 Å². The summed E-state index contributed by atoms with van der Waals surface area (Å²) in [6, 6.07) is 12.6. The number of aryl methyl sites for hydroxylation is 1. The SMILES string of the molecule is Cc1cccc(NC(C)c2cccc(OC(F)F)c2)c1Br. The molecule has 0 aliphatic rings. The average Bonchev–Trinajstić information content (AvgIpc) is 2.43. The Labute approximate surface area is 131 Å². The van der Waals surface area contributed by atoms with Crippen molar-refractivity contribution in [3.05, 3.63) is 58.1 Å². The van der Waals surface area contributed by atoms with Gasteiger partial charge in [-0.15, -0.1) is 0 Å². The minimum atomic E-state index is -2.81. The zero-order valence-electron chi connectivity index (χ0n) is 11.7. The van der Waals surface area contributed by atoms with Crippen LogP contribution in [0, 0.1) is 6.92 Å². The molecule has 5 heteroatoms. The molecule has 0 bridgehead atoms. The Kier molecular flexibility index (Phi) is 5.17. The fourth-order valence-corrected chi connectivity index (χ4v) is 2.41. The summed E-state index contributed by atoms with van der Waals surface area (Å²) in [6.07, 6.45) is 0. The number of hydrogen-bond donors (Lipinski definition) is 1. The van der Waals surface area contributed by atoms with E-state index >= 15 is 0 Å². The molecule has 2 rings (SSSR count). The maximum absolute atomic E-state index is 12.3. The Morgan fingerprint density at radius 3 is 2.57 bits per heavy atom. The molecule has 0 aromatic heterocycles. The van der Waals surface area contributed by atoms with Crippen molar-refractivity contribution in [2.45, 2.75) is 26.5 Å². The van der Waals surface area contributed by atoms with Crippen molar-refractivity contribution < 1.29 is 13.5 Å². The van der Waals surface area contributed by atoms with Crippen LogP contribution in [0.2, 0.25) is 0 Å². The van der Waals surface area contributed by atoms with E-state index in [0.717, 1.165) is 21.3 Å². The molecule has 1 unspecified atom stereocenters. The number of halogens is 3. The molecule has 2 aromatic rings. The van der Waals surface area contributed by atoms with Crippen LogP contribution in [-0.4, -0.2) is 6.61 Å². The third-order valence-corrected chi connectivity index (χ3v) is 4.20. The standard InChI is InChI=1S/C16H16BrF2NO/c1-10-5-3-8-14(15(10)17)20-11(2)12-6-4-7-13(9-12)21-16(18)19/h3-9,11,16,20H,1-2H3. The van der Waals surface area contributed by atoms with Gasteiger partial charge in [-0.3, -0.25) is 0 Å². The van der Waals surface area contributed by atoms with Crippen LogP contribution in [0.25, 0.3) is 0 Å². The summed E-state index contributed by atoms with van der Waals surface area (Å²) in [5.41, 5.74) is 2.96. The highest BCUT2D eigenvalue weighted by Gasteiger charge is 2.11. The average molecular weight is 356 g/mol. The van der Waals surface area contributed by atoms with Crippen molar-refractivity contribution in [2.75, 3.05) is 5.32 Å². The molecule has 2 aromatic carbocycles. The summed E-state index contributed by atoms with van der Waals surface area (Å²) >= 11 is 3.54. The van der Waals surface area contributed by atoms with Crippen LogP contribution < -0.4 is 10.1 Å². The molecule has 0 heterocycles. The minimum absolute atomic E-state index is 0.0377. The molecular weight excluding hydrogens is 340 g/mol. The first kappa shape index (κ1) is 15.8. The Morgan fingerprint density at radius 2 is 1.86 bits per heavy atom. The van der Waals surface area contributed by atoms with E-state index in [9.17, 15) is 8.78 Å². The highest BCUT2D eigenvalue weighted by atomic mass is 79.9. The van der Waals surface area contributed by atoms with Gasteiger partial charge >= 0.3 is 6.61 Å². The summed E-state index contributed by atoms with van der Waals surface area (Å²) in [4.78, 5) is 0. The Balaban J connectivity index is 2.16. The van der Waals surface area contributed by atoms with Gasteiger partial charge in [-0.05, 0) is 59.1 Å². The molecule has 2 nitrogen and oxygen atoms in total. The van der Waals surface area contributed by atoms with Crippen LogP contribution in [0.4, 0.5) is 14.5 Å². The first-order chi connectivity index (χ1) is 9.97. The third kappa shape index (κ3) is 4.17. The third-order valence-electron chi connectivity index (χ3n) is 3.15. The summed E-state index contributed by atoms with van der Waals surface area (Å²) in [7, 11) is 0. The summed E-state index contributed by atoms with van der Waals surface area (Å²) in [5, 5.41) is 3.36. The molecule has 0 saturated heterocycles. The van der Waals surface area contributed by atoms with Crippen molar-refractivity contribution in [1.82, 2.24) is 0 Å². The lowest BCUT2D eigenvalue weighted by atomic mass is 10.1. The zero-order valence-corrected chi connectivity index (χ0v) is 13.3. The topological polar surface area (TPSA) is 21.3 Å². The van der Waals surface area contributed by atoms with Crippen LogP contribution in [0.15, 0.2) is 46.9 Å². The second-order valence-electron chi connectivity index (χ2n) is 4.75. The second-order valence-corrected chi connectivity index (χ2v) is 5.55. The van der Waals surface area contributed by atoms with Crippen LogP contribution in [0.3, 0.4) is 0 Å². The zero-order chi connectivity index (χ0) is 15.4. The van der Waals surface area contributed by atoms with Gasteiger partial charge in [0.2, 0.25) is 0 Å². The van der Waals surface area contributed by atoms with E-state index < -0.39 is 6.61 Å². The van der Waals surface area contributed by atoms with Crippen LogP contribution in [-0.2, 0) is 0 Å². The molecule has 21 heavy (non-hydrogen) atoms. The normalized spacial score (nSPS) is 12.3. The predicted octanol–water partition coefficient (Wildman–Crippen LogP) is 5.53. The highest BCUT2D eigenvalue weighted by Crippen LogP contribution is 2.30. The van der Waals surface area contributed by atoms with Gasteiger partial charge in [-0.25, -0.2) is 0 Å². The second kappa shape index (κ2) is 6.89. The van der Waals surface area contributed by atoms with Gasteiger partial charge in [0.25, 0.3) is 0 Å². The van der Waals surface area contributed by atoms with Gasteiger partial charge < -0.3 is 10.1 Å². The summed E-state index contributed by atoms with van der Waals surface area (Å²) < 4.78 is 29.9. The Bertz CT molecular complexity index is 619. The van der Waals surface area contributed by atoms with Crippen LogP contribution >= 0.6 is 15.9 Å². The van der Waals surface area contributed by atoms with E-state index in [2.05, 4.69) is 26.0 Å². The summed E-state index contributed by atoms with van der Waals surface area (Å²) in [5.74, 6) is 0.166. The largest absolute Gasteiger partial charge is 0.435 e. The molecule has 0 radical (unpaired) electrons. The lowest BCUT2D eigenvalue weighted by Crippen LogP contribution is -2.08. The van der Waals surface area contributed by atoms with Gasteiger partial charge in [0.15, 0.2) is 0 Å². The van der Waals surface area contributed by atoms with E-state index in [0.29, 0.717) is 0 Å². The van der Waals surface area contributed by atoms with Gasteiger partial charge in [-0.1, -0.05) is 24.3 Å². The molecule has 0 saturated carbocycles. The Hall–Kier alpha value is -1.62. The molecule has 0 amide bonds. The van der Waals surface area contributed by atoms with E-state index in [1.807, 2.05) is 38.1 Å². The summed E-state index contributed by atoms with van der Waals surface area (Å²) in [6.45, 7) is 1.17. The maximum atomic E-state index is 12.3. The van der Waals surface area contributed by atoms with Gasteiger partial charge in [0.1, 0.15) is 5.75 Å². The van der Waals surface area contributed by atoms with E-state index in [4.69, 9.17) is 0 Å². The Morgan fingerprint density at radius 1 is 1.14 bits per heavy atom. The molecule has 1 N–H and O–H groups in total. The number of hydrogen-bond acceptors (Lipinski definition) is 2. The molecule has 0 spiro atoms. The highest BCUT2D eigenvalue weighted by molar-refractivity contribution is 9.10.